The summed E-state index contributed by atoms with van der Waals surface area (Å²) in [4.78, 5) is 26.5. The van der Waals surface area contributed by atoms with Crippen molar-refractivity contribution in [2.45, 2.75) is 30.1 Å². The Balaban J connectivity index is 1.25. The number of anilines is 2. The molecule has 0 spiro atoms. The molecule has 5 rings (SSSR count). The molecule has 0 heterocycles. The zero-order valence-electron chi connectivity index (χ0n) is 22.2. The van der Waals surface area contributed by atoms with Gasteiger partial charge >= 0.3 is 0 Å². The number of ketones is 1. The standard InChI is InChI=1S/C32H24Cl6N2O2/c1-17-10-24(39-16-18-2-5-21(33)6-3-18)7-4-19(17)13-28(41)26-15-25(8-9-27(26)36)40-31(42)30-29(32(30,37)38)20-11-22(34)14-23(35)12-20/h2-12,14-15,29-30,39H,13,16H2,1H3,(H,40,42). The highest BCUT2D eigenvalue weighted by Crippen LogP contribution is 2.65. The second-order valence-electron chi connectivity index (χ2n) is 10.2. The first-order chi connectivity index (χ1) is 19.9. The summed E-state index contributed by atoms with van der Waals surface area (Å²) >= 11 is 37.6. The van der Waals surface area contributed by atoms with E-state index < -0.39 is 16.2 Å². The molecule has 4 aromatic carbocycles. The van der Waals surface area contributed by atoms with Gasteiger partial charge in [-0.15, -0.1) is 23.2 Å². The molecule has 42 heavy (non-hydrogen) atoms. The highest BCUT2D eigenvalue weighted by atomic mass is 35.5. The van der Waals surface area contributed by atoms with Crippen molar-refractivity contribution < 1.29 is 9.59 Å². The van der Waals surface area contributed by atoms with Crippen LogP contribution < -0.4 is 10.6 Å². The monoisotopic (exact) mass is 678 g/mol. The fraction of sp³-hybridized carbons (Fsp3) is 0.188. The number of carbonyl (C=O) groups is 2. The van der Waals surface area contributed by atoms with E-state index in [9.17, 15) is 9.59 Å². The maximum Gasteiger partial charge on any atom is 0.231 e. The second kappa shape index (κ2) is 12.7. The summed E-state index contributed by atoms with van der Waals surface area (Å²) in [6.45, 7) is 2.60. The fourth-order valence-corrected chi connectivity index (χ4v) is 6.66. The molecule has 0 radical (unpaired) electrons. The lowest BCUT2D eigenvalue weighted by atomic mass is 9.98. The molecule has 0 saturated heterocycles. The number of nitrogens with one attached hydrogen (secondary N) is 2. The van der Waals surface area contributed by atoms with Gasteiger partial charge in [0.25, 0.3) is 0 Å². The average molecular weight is 681 g/mol. The highest BCUT2D eigenvalue weighted by molar-refractivity contribution is 6.53. The van der Waals surface area contributed by atoms with E-state index in [2.05, 4.69) is 10.6 Å². The van der Waals surface area contributed by atoms with Crippen molar-refractivity contribution in [1.29, 1.82) is 0 Å². The lowest BCUT2D eigenvalue weighted by Crippen LogP contribution is -2.17. The van der Waals surface area contributed by atoms with Crippen LogP contribution in [-0.2, 0) is 17.8 Å². The molecule has 10 heteroatoms. The van der Waals surface area contributed by atoms with Crippen LogP contribution in [0.2, 0.25) is 20.1 Å². The molecule has 0 aromatic heterocycles. The smallest absolute Gasteiger partial charge is 0.231 e. The predicted molar refractivity (Wildman–Crippen MR) is 175 cm³/mol. The van der Waals surface area contributed by atoms with E-state index in [-0.39, 0.29) is 18.1 Å². The first kappa shape index (κ1) is 31.0. The van der Waals surface area contributed by atoms with Crippen molar-refractivity contribution in [3.05, 3.63) is 127 Å². The van der Waals surface area contributed by atoms with Crippen molar-refractivity contribution in [2.75, 3.05) is 10.6 Å². The number of amides is 1. The number of Topliss-reactive ketones (excluding diaryl/α,β-unsaturated/α-hetero) is 1. The number of aryl methyl sites for hydroxylation is 1. The third-order valence-corrected chi connectivity index (χ3v) is 9.18. The lowest BCUT2D eigenvalue weighted by molar-refractivity contribution is -0.117. The topological polar surface area (TPSA) is 58.2 Å². The van der Waals surface area contributed by atoms with Gasteiger partial charge in [-0.3, -0.25) is 9.59 Å². The number of alkyl halides is 2. The van der Waals surface area contributed by atoms with Gasteiger partial charge in [0.15, 0.2) is 5.78 Å². The van der Waals surface area contributed by atoms with Crippen LogP contribution in [-0.4, -0.2) is 16.0 Å². The van der Waals surface area contributed by atoms with Crippen molar-refractivity contribution >= 4 is 92.7 Å². The van der Waals surface area contributed by atoms with Gasteiger partial charge in [0.1, 0.15) is 4.33 Å². The van der Waals surface area contributed by atoms with Crippen LogP contribution in [0, 0.1) is 12.8 Å². The quantitative estimate of drug-likeness (QED) is 0.137. The van der Waals surface area contributed by atoms with Crippen LogP contribution in [0.1, 0.15) is 38.5 Å². The van der Waals surface area contributed by atoms with E-state index in [0.717, 1.165) is 22.4 Å². The van der Waals surface area contributed by atoms with Crippen LogP contribution in [0.5, 0.6) is 0 Å². The molecule has 4 aromatic rings. The number of halogens is 6. The molecule has 2 unspecified atom stereocenters. The van der Waals surface area contributed by atoms with Crippen LogP contribution in [0.15, 0.2) is 78.9 Å². The molecular formula is C32H24Cl6N2O2. The van der Waals surface area contributed by atoms with Crippen LogP contribution in [0.4, 0.5) is 11.4 Å². The molecule has 2 N–H and O–H groups in total. The summed E-state index contributed by atoms with van der Waals surface area (Å²) in [5.41, 5.74) is 5.26. The van der Waals surface area contributed by atoms with Gasteiger partial charge in [0.2, 0.25) is 5.91 Å². The fourth-order valence-electron chi connectivity index (χ4n) is 4.94. The maximum atomic E-state index is 13.3. The normalized spacial score (nSPS) is 17.0. The van der Waals surface area contributed by atoms with Gasteiger partial charge in [-0.2, -0.15) is 0 Å². The van der Waals surface area contributed by atoms with Crippen LogP contribution in [0.25, 0.3) is 0 Å². The minimum atomic E-state index is -1.32. The Morgan fingerprint density at radius 1 is 0.786 bits per heavy atom. The van der Waals surface area contributed by atoms with Gasteiger partial charge in [-0.25, -0.2) is 0 Å². The second-order valence-corrected chi connectivity index (χ2v) is 13.4. The number of carbonyl (C=O) groups excluding carboxylic acids is 2. The Bertz CT molecular complexity index is 1650. The molecule has 2 atom stereocenters. The summed E-state index contributed by atoms with van der Waals surface area (Å²) in [6.07, 6.45) is 0.146. The summed E-state index contributed by atoms with van der Waals surface area (Å²) in [5, 5.41) is 8.04. The lowest BCUT2D eigenvalue weighted by Gasteiger charge is -2.12. The average Bonchev–Trinajstić information content (AvgIpc) is 3.52. The van der Waals surface area contributed by atoms with E-state index in [0.29, 0.717) is 43.4 Å². The third-order valence-electron chi connectivity index (χ3n) is 7.22. The summed E-state index contributed by atoms with van der Waals surface area (Å²) < 4.78 is -1.32. The predicted octanol–water partition coefficient (Wildman–Crippen LogP) is 10.2. The van der Waals surface area contributed by atoms with E-state index in [1.54, 1.807) is 36.4 Å². The van der Waals surface area contributed by atoms with Crippen molar-refractivity contribution in [2.24, 2.45) is 5.92 Å². The largest absolute Gasteiger partial charge is 0.381 e. The Kier molecular flexibility index (Phi) is 9.34. The molecule has 1 fully saturated rings. The van der Waals surface area contributed by atoms with Crippen molar-refractivity contribution in [3.8, 4) is 0 Å². The van der Waals surface area contributed by atoms with Gasteiger partial charge in [-0.05, 0) is 89.8 Å². The highest BCUT2D eigenvalue weighted by Gasteiger charge is 2.67. The van der Waals surface area contributed by atoms with E-state index in [4.69, 9.17) is 69.6 Å². The molecule has 1 saturated carbocycles. The molecular weight excluding hydrogens is 657 g/mol. The molecule has 4 nitrogen and oxygen atoms in total. The minimum Gasteiger partial charge on any atom is -0.381 e. The molecule has 0 aliphatic heterocycles. The van der Waals surface area contributed by atoms with Gasteiger partial charge in [-0.1, -0.05) is 64.6 Å². The summed E-state index contributed by atoms with van der Waals surface area (Å²) in [7, 11) is 0. The molecule has 1 aliphatic rings. The molecule has 216 valence electrons. The van der Waals surface area contributed by atoms with Crippen molar-refractivity contribution in [1.82, 2.24) is 0 Å². The number of hydrogen-bond donors (Lipinski definition) is 2. The minimum absolute atomic E-state index is 0.146. The number of benzene rings is 4. The van der Waals surface area contributed by atoms with Gasteiger partial charge < -0.3 is 10.6 Å². The molecule has 1 aliphatic carbocycles. The first-order valence-corrected chi connectivity index (χ1v) is 15.2. The Labute approximate surface area is 274 Å². The zero-order valence-corrected chi connectivity index (χ0v) is 26.7. The Morgan fingerprint density at radius 2 is 1.45 bits per heavy atom. The molecule has 0 bridgehead atoms. The van der Waals surface area contributed by atoms with Gasteiger partial charge in [0, 0.05) is 50.9 Å². The number of rotatable bonds is 9. The third kappa shape index (κ3) is 7.02. The van der Waals surface area contributed by atoms with E-state index in [1.807, 2.05) is 49.4 Å². The van der Waals surface area contributed by atoms with Crippen molar-refractivity contribution in [3.63, 3.8) is 0 Å². The molecule has 1 amide bonds. The van der Waals surface area contributed by atoms with E-state index in [1.165, 1.54) is 0 Å². The first-order valence-electron chi connectivity index (χ1n) is 13.0. The van der Waals surface area contributed by atoms with Gasteiger partial charge in [0.05, 0.1) is 10.9 Å². The van der Waals surface area contributed by atoms with Crippen LogP contribution >= 0.6 is 69.6 Å². The SMILES string of the molecule is Cc1cc(NCc2ccc(Cl)cc2)ccc1CC(=O)c1cc(NC(=O)C2C(c3cc(Cl)cc(Cl)c3)C2(Cl)Cl)ccc1Cl. The summed E-state index contributed by atoms with van der Waals surface area (Å²) in [5.74, 6) is -1.79. The van der Waals surface area contributed by atoms with E-state index >= 15 is 0 Å². The van der Waals surface area contributed by atoms with Crippen LogP contribution in [0.3, 0.4) is 0 Å². The maximum absolute atomic E-state index is 13.3. The summed E-state index contributed by atoms with van der Waals surface area (Å²) in [6, 6.07) is 23.3. The Morgan fingerprint density at radius 3 is 2.12 bits per heavy atom. The number of hydrogen-bond acceptors (Lipinski definition) is 3. The zero-order chi connectivity index (χ0) is 30.2. The Hall–Kier alpha value is -2.44.